The lowest BCUT2D eigenvalue weighted by molar-refractivity contribution is -0.121. The standard InChI is InChI=1S/C20H30ClN3O2/c1-5-20(3,4)23-18(25)13-22-15-9-10-16(17(21)12-15)19(26)24-11-7-6-8-14(24)2/h9-10,12,14,22H,5-8,11,13H2,1-4H3,(H,23,25). The van der Waals surface area contributed by atoms with Crippen LogP contribution >= 0.6 is 11.6 Å². The van der Waals surface area contributed by atoms with Crippen molar-refractivity contribution in [1.29, 1.82) is 0 Å². The Labute approximate surface area is 161 Å². The van der Waals surface area contributed by atoms with Crippen LogP contribution in [0.1, 0.15) is 63.7 Å². The molecule has 1 aromatic rings. The predicted molar refractivity (Wildman–Crippen MR) is 107 cm³/mol. The number of piperidine rings is 1. The molecule has 1 unspecified atom stereocenters. The Morgan fingerprint density at radius 3 is 2.65 bits per heavy atom. The minimum Gasteiger partial charge on any atom is -0.376 e. The zero-order valence-electron chi connectivity index (χ0n) is 16.2. The van der Waals surface area contributed by atoms with E-state index in [1.165, 1.54) is 6.42 Å². The normalized spacial score (nSPS) is 17.7. The van der Waals surface area contributed by atoms with Crippen molar-refractivity contribution in [2.75, 3.05) is 18.4 Å². The number of carbonyl (C=O) groups excluding carboxylic acids is 2. The monoisotopic (exact) mass is 379 g/mol. The highest BCUT2D eigenvalue weighted by Gasteiger charge is 2.25. The van der Waals surface area contributed by atoms with Crippen molar-refractivity contribution in [3.05, 3.63) is 28.8 Å². The first-order valence-electron chi connectivity index (χ1n) is 9.39. The molecule has 1 atom stereocenters. The summed E-state index contributed by atoms with van der Waals surface area (Å²) in [6.45, 7) is 9.04. The van der Waals surface area contributed by atoms with Crippen molar-refractivity contribution >= 4 is 29.1 Å². The number of nitrogens with zero attached hydrogens (tertiary/aromatic N) is 1. The van der Waals surface area contributed by atoms with Gasteiger partial charge in [-0.05, 0) is 64.7 Å². The third-order valence-electron chi connectivity index (χ3n) is 5.08. The highest BCUT2D eigenvalue weighted by atomic mass is 35.5. The van der Waals surface area contributed by atoms with E-state index in [-0.39, 0.29) is 29.9 Å². The van der Waals surface area contributed by atoms with Crippen LogP contribution in [0.3, 0.4) is 0 Å². The zero-order chi connectivity index (χ0) is 19.3. The molecule has 0 aliphatic carbocycles. The molecule has 6 heteroatoms. The molecule has 1 fully saturated rings. The van der Waals surface area contributed by atoms with Crippen molar-refractivity contribution in [2.45, 2.75) is 65.0 Å². The van der Waals surface area contributed by atoms with Gasteiger partial charge >= 0.3 is 0 Å². The second-order valence-electron chi connectivity index (χ2n) is 7.68. The van der Waals surface area contributed by atoms with Crippen molar-refractivity contribution in [3.8, 4) is 0 Å². The lowest BCUT2D eigenvalue weighted by atomic mass is 10.0. The third kappa shape index (κ3) is 5.37. The number of hydrogen-bond acceptors (Lipinski definition) is 3. The van der Waals surface area contributed by atoms with Crippen molar-refractivity contribution in [3.63, 3.8) is 0 Å². The van der Waals surface area contributed by atoms with Crippen LogP contribution in [-0.2, 0) is 4.79 Å². The smallest absolute Gasteiger partial charge is 0.255 e. The van der Waals surface area contributed by atoms with E-state index in [0.29, 0.717) is 10.6 Å². The van der Waals surface area contributed by atoms with Gasteiger partial charge in [0.05, 0.1) is 17.1 Å². The van der Waals surface area contributed by atoms with Gasteiger partial charge in [-0.3, -0.25) is 9.59 Å². The van der Waals surface area contributed by atoms with Gasteiger partial charge < -0.3 is 15.5 Å². The van der Waals surface area contributed by atoms with Crippen molar-refractivity contribution < 1.29 is 9.59 Å². The number of halogens is 1. The van der Waals surface area contributed by atoms with Gasteiger partial charge in [-0.2, -0.15) is 0 Å². The van der Waals surface area contributed by atoms with E-state index in [2.05, 4.69) is 17.6 Å². The van der Waals surface area contributed by atoms with E-state index < -0.39 is 0 Å². The number of hydrogen-bond donors (Lipinski definition) is 2. The molecule has 26 heavy (non-hydrogen) atoms. The quantitative estimate of drug-likeness (QED) is 0.783. The summed E-state index contributed by atoms with van der Waals surface area (Å²) in [5, 5.41) is 6.45. The van der Waals surface area contributed by atoms with E-state index in [1.807, 2.05) is 25.7 Å². The second kappa shape index (κ2) is 8.76. The minimum absolute atomic E-state index is 0.0174. The van der Waals surface area contributed by atoms with Crippen LogP contribution in [0.4, 0.5) is 5.69 Å². The Morgan fingerprint density at radius 1 is 1.31 bits per heavy atom. The molecule has 1 aliphatic rings. The fourth-order valence-corrected chi connectivity index (χ4v) is 3.31. The van der Waals surface area contributed by atoms with Crippen molar-refractivity contribution in [1.82, 2.24) is 10.2 Å². The first-order chi connectivity index (χ1) is 12.2. The van der Waals surface area contributed by atoms with Gasteiger partial charge in [0.1, 0.15) is 0 Å². The topological polar surface area (TPSA) is 61.4 Å². The molecule has 0 saturated carbocycles. The molecule has 2 N–H and O–H groups in total. The van der Waals surface area contributed by atoms with Crippen molar-refractivity contribution in [2.24, 2.45) is 0 Å². The molecule has 5 nitrogen and oxygen atoms in total. The van der Waals surface area contributed by atoms with Gasteiger partial charge in [-0.15, -0.1) is 0 Å². The van der Waals surface area contributed by atoms with Crippen LogP contribution in [0.25, 0.3) is 0 Å². The number of likely N-dealkylation sites (tertiary alicyclic amines) is 1. The Hall–Kier alpha value is -1.75. The third-order valence-corrected chi connectivity index (χ3v) is 5.39. The first kappa shape index (κ1) is 20.6. The van der Waals surface area contributed by atoms with E-state index in [0.717, 1.165) is 31.5 Å². The lowest BCUT2D eigenvalue weighted by Gasteiger charge is -2.33. The maximum absolute atomic E-state index is 12.8. The van der Waals surface area contributed by atoms with Gasteiger partial charge in [0, 0.05) is 23.8 Å². The fourth-order valence-electron chi connectivity index (χ4n) is 3.05. The largest absolute Gasteiger partial charge is 0.376 e. The van der Waals surface area contributed by atoms with Gasteiger partial charge in [-0.1, -0.05) is 18.5 Å². The molecule has 0 aromatic heterocycles. The van der Waals surface area contributed by atoms with Crippen LogP contribution < -0.4 is 10.6 Å². The summed E-state index contributed by atoms with van der Waals surface area (Å²) in [7, 11) is 0. The van der Waals surface area contributed by atoms with E-state index >= 15 is 0 Å². The fraction of sp³-hybridized carbons (Fsp3) is 0.600. The average Bonchev–Trinajstić information content (AvgIpc) is 2.59. The second-order valence-corrected chi connectivity index (χ2v) is 8.08. The van der Waals surface area contributed by atoms with E-state index in [4.69, 9.17) is 11.6 Å². The number of anilines is 1. The number of rotatable bonds is 6. The Morgan fingerprint density at radius 2 is 2.04 bits per heavy atom. The van der Waals surface area contributed by atoms with Crippen LogP contribution in [0.5, 0.6) is 0 Å². The molecule has 2 rings (SSSR count). The molecule has 144 valence electrons. The highest BCUT2D eigenvalue weighted by molar-refractivity contribution is 6.34. The predicted octanol–water partition coefficient (Wildman–Crippen LogP) is 4.07. The number of amides is 2. The maximum atomic E-state index is 12.8. The van der Waals surface area contributed by atoms with Gasteiger partial charge in [0.2, 0.25) is 5.91 Å². The minimum atomic E-state index is -0.224. The molecule has 0 spiro atoms. The molecular formula is C20H30ClN3O2. The van der Waals surface area contributed by atoms with Crippen LogP contribution in [0.15, 0.2) is 18.2 Å². The van der Waals surface area contributed by atoms with Gasteiger partial charge in [-0.25, -0.2) is 0 Å². The summed E-state index contributed by atoms with van der Waals surface area (Å²) < 4.78 is 0. The highest BCUT2D eigenvalue weighted by Crippen LogP contribution is 2.25. The Kier molecular flexibility index (Phi) is 6.93. The summed E-state index contributed by atoms with van der Waals surface area (Å²) in [4.78, 5) is 26.7. The summed E-state index contributed by atoms with van der Waals surface area (Å²) in [5.74, 6) is -0.0912. The lowest BCUT2D eigenvalue weighted by Crippen LogP contribution is -2.45. The van der Waals surface area contributed by atoms with Gasteiger partial charge in [0.25, 0.3) is 5.91 Å². The van der Waals surface area contributed by atoms with Crippen LogP contribution in [-0.4, -0.2) is 41.4 Å². The molecular weight excluding hydrogens is 350 g/mol. The number of benzene rings is 1. The van der Waals surface area contributed by atoms with Crippen LogP contribution in [0.2, 0.25) is 5.02 Å². The summed E-state index contributed by atoms with van der Waals surface area (Å²) in [5.41, 5.74) is 1.02. The molecule has 1 aliphatic heterocycles. The average molecular weight is 380 g/mol. The van der Waals surface area contributed by atoms with E-state index in [9.17, 15) is 9.59 Å². The Bertz CT molecular complexity index is 660. The molecule has 1 aromatic carbocycles. The van der Waals surface area contributed by atoms with Crippen LogP contribution in [0, 0.1) is 0 Å². The summed E-state index contributed by atoms with van der Waals surface area (Å²) in [6, 6.07) is 5.49. The molecule has 1 heterocycles. The molecule has 2 amide bonds. The summed E-state index contributed by atoms with van der Waals surface area (Å²) in [6.07, 6.45) is 4.09. The van der Waals surface area contributed by atoms with Gasteiger partial charge in [0.15, 0.2) is 0 Å². The number of nitrogens with one attached hydrogen (secondary N) is 2. The SMILES string of the molecule is CCC(C)(C)NC(=O)CNc1ccc(C(=O)N2CCCCC2C)c(Cl)c1. The molecule has 0 radical (unpaired) electrons. The maximum Gasteiger partial charge on any atom is 0.255 e. The molecule has 1 saturated heterocycles. The molecule has 0 bridgehead atoms. The summed E-state index contributed by atoms with van der Waals surface area (Å²) >= 11 is 6.35. The number of carbonyl (C=O) groups is 2. The Balaban J connectivity index is 1.98. The van der Waals surface area contributed by atoms with E-state index in [1.54, 1.807) is 18.2 Å². The zero-order valence-corrected chi connectivity index (χ0v) is 16.9. The first-order valence-corrected chi connectivity index (χ1v) is 9.76.